The van der Waals surface area contributed by atoms with Gasteiger partial charge in [0.05, 0.1) is 46.5 Å². The normalized spacial score (nSPS) is 10.6. The Balaban J connectivity index is 0.000000466. The van der Waals surface area contributed by atoms with Crippen LogP contribution in [0.4, 0.5) is 69.0 Å². The Bertz CT molecular complexity index is 3100. The van der Waals surface area contributed by atoms with E-state index in [1.807, 2.05) is 120 Å². The second-order valence-electron chi connectivity index (χ2n) is 17.9. The molecule has 6 aromatic rings. The average molecular weight is 1190 g/mol. The summed E-state index contributed by atoms with van der Waals surface area (Å²) in [5.74, 6) is 1.14. The van der Waals surface area contributed by atoms with Crippen LogP contribution < -0.4 is 88.0 Å². The van der Waals surface area contributed by atoms with Gasteiger partial charge < -0.3 is 71.6 Å². The summed E-state index contributed by atoms with van der Waals surface area (Å²) >= 11 is 17.4. The van der Waals surface area contributed by atoms with E-state index in [0.29, 0.717) is 67.3 Å². The summed E-state index contributed by atoms with van der Waals surface area (Å²) in [5.41, 5.74) is 12.0. The van der Waals surface area contributed by atoms with Crippen molar-refractivity contribution in [2.24, 2.45) is 0 Å². The van der Waals surface area contributed by atoms with Gasteiger partial charge in [-0.25, -0.2) is 9.97 Å². The average Bonchev–Trinajstić information content (AvgIpc) is 3.38. The van der Waals surface area contributed by atoms with Gasteiger partial charge in [-0.3, -0.25) is 14.4 Å². The van der Waals surface area contributed by atoms with E-state index in [-0.39, 0.29) is 41.9 Å². The maximum absolute atomic E-state index is 12.7. The van der Waals surface area contributed by atoms with Crippen molar-refractivity contribution in [1.82, 2.24) is 29.7 Å². The maximum atomic E-state index is 12.7. The summed E-state index contributed by atoms with van der Waals surface area (Å²) in [6, 6.07) is 26.0. The molecule has 0 bridgehead atoms. The number of halogens is 3. The number of nitrogens with one attached hydrogen (secondary N) is 6. The topological polar surface area (TPSA) is 277 Å². The number of para-hydroxylation sites is 2. The minimum absolute atomic E-state index is 0. The summed E-state index contributed by atoms with van der Waals surface area (Å²) in [7, 11) is 5.02. The Morgan fingerprint density at radius 1 is 0.684 bits per heavy atom. The van der Waals surface area contributed by atoms with Crippen LogP contribution in [-0.4, -0.2) is 135 Å². The van der Waals surface area contributed by atoms with Gasteiger partial charge in [0.2, 0.25) is 23.0 Å². The number of amides is 1. The summed E-state index contributed by atoms with van der Waals surface area (Å²) < 4.78 is 25.4. The Morgan fingerprint density at radius 2 is 1.14 bits per heavy atom. The van der Waals surface area contributed by atoms with Crippen molar-refractivity contribution in [3.63, 3.8) is 0 Å². The van der Waals surface area contributed by atoms with Crippen LogP contribution in [0.3, 0.4) is 0 Å². The van der Waals surface area contributed by atoms with Gasteiger partial charge in [-0.2, -0.15) is 9.97 Å². The summed E-state index contributed by atoms with van der Waals surface area (Å²) in [4.78, 5) is 56.6. The number of allylic oxidation sites excluding steroid dienone is 1. The molecule has 79 heavy (non-hydrogen) atoms. The first kappa shape index (κ1) is 69.0. The molecule has 0 aliphatic rings. The molecule has 2 heterocycles. The molecular formula is C52H66Cl3N14NaO7P2. The molecule has 0 atom stereocenters. The molecule has 0 spiro atoms. The van der Waals surface area contributed by atoms with Crippen LogP contribution in [0.15, 0.2) is 123 Å². The number of anilines is 12. The number of nitrogen functional groups attached to an aromatic ring is 1. The SMILES string of the molecule is C=CC(=O)Cl.C=CC(=O)Nc1cc(Nc2ncc(Cl)c(Nc3ccccc3P(C)(C)=O)n2)ccc1N(C)CCN(C)C.CN(C)CCNc1ccc(Nc2ncc(Cl)c(Nc3ccccc3P(C)(C)=O)n2)cc1N.O=CO[O-].[Na+]. The van der Waals surface area contributed by atoms with Crippen molar-refractivity contribution in [1.29, 1.82) is 0 Å². The first-order valence-electron chi connectivity index (χ1n) is 23.5. The van der Waals surface area contributed by atoms with E-state index in [2.05, 4.69) is 84.6 Å². The number of rotatable bonds is 22. The van der Waals surface area contributed by atoms with Gasteiger partial charge in [-0.15, -0.1) is 0 Å². The molecule has 0 aliphatic carbocycles. The van der Waals surface area contributed by atoms with E-state index >= 15 is 0 Å². The third-order valence-electron chi connectivity index (χ3n) is 10.3. The van der Waals surface area contributed by atoms with E-state index < -0.39 is 19.5 Å². The minimum atomic E-state index is -2.53. The number of likely N-dealkylation sites (N-methyl/N-ethyl adjacent to an activating group) is 3. The molecule has 8 N–H and O–H groups in total. The second kappa shape index (κ2) is 34.2. The van der Waals surface area contributed by atoms with Crippen LogP contribution in [0.25, 0.3) is 0 Å². The molecule has 21 nitrogen and oxygen atoms in total. The molecule has 6 rings (SSSR count). The van der Waals surface area contributed by atoms with Gasteiger partial charge in [-0.1, -0.05) is 60.6 Å². The standard InChI is InChI=1S/C26H33ClN7O2P.C22H29ClN7OP.C3H3ClO.CH2O3.Na/c1-7-24(35)30-21-16-18(12-13-22(21)34(4)15-14-33(2)3)29-26-28-17-19(27)25(32-26)31-20-10-8-9-11-23(20)37(5,6)36;1-30(2)12-11-25-18-10-9-15(13-17(18)24)27-22-26-14-16(23)21(29-22)28-19-7-5-6-8-20(19)32(3,4)31;1-2-3(4)5;2-1-4-3;/h7-13,16-17H,1,14-15H2,2-6H3,(H,30,35)(H2,28,29,31,32);5-10,13-14,25H,11-12,24H2,1-4H3,(H2,26,27,28,29);2H,1H2;1,3H;/q;;;;+1/p-1. The zero-order valence-electron chi connectivity index (χ0n) is 45.8. The molecule has 27 heteroatoms. The molecule has 0 saturated carbocycles. The predicted octanol–water partition coefficient (Wildman–Crippen LogP) is 5.78. The third-order valence-corrected chi connectivity index (χ3v) is 14.1. The van der Waals surface area contributed by atoms with Gasteiger partial charge in [0.25, 0.3) is 6.47 Å². The van der Waals surface area contributed by atoms with E-state index in [0.717, 1.165) is 54.6 Å². The Kier molecular flexibility index (Phi) is 29.9. The molecule has 0 saturated heterocycles. The fraction of sp³-hybridized carbons (Fsp3) is 0.250. The summed E-state index contributed by atoms with van der Waals surface area (Å²) in [6.45, 7) is 16.7. The minimum Gasteiger partial charge on any atom is -0.662 e. The molecule has 2 aromatic heterocycles. The Labute approximate surface area is 499 Å². The number of benzene rings is 4. The van der Waals surface area contributed by atoms with Crippen LogP contribution in [0.2, 0.25) is 10.0 Å². The first-order valence-corrected chi connectivity index (χ1v) is 29.8. The zero-order chi connectivity index (χ0) is 58.2. The molecule has 0 radical (unpaired) electrons. The van der Waals surface area contributed by atoms with Gasteiger partial charge in [0, 0.05) is 55.2 Å². The number of aromatic nitrogens is 4. The van der Waals surface area contributed by atoms with Crippen LogP contribution in [0, 0.1) is 0 Å². The summed E-state index contributed by atoms with van der Waals surface area (Å²) in [5, 5.41) is 28.9. The van der Waals surface area contributed by atoms with Crippen molar-refractivity contribution < 1.29 is 63.2 Å². The quantitative estimate of drug-likeness (QED) is 0.00620. The molecular weight excluding hydrogens is 1120 g/mol. The Hall–Kier alpha value is -6.06. The van der Waals surface area contributed by atoms with Crippen LogP contribution in [-0.2, 0) is 28.4 Å². The molecule has 0 aliphatic heterocycles. The van der Waals surface area contributed by atoms with Gasteiger partial charge in [0.15, 0.2) is 11.6 Å². The number of nitrogens with zero attached hydrogens (tertiary/aromatic N) is 7. The molecule has 0 fully saturated rings. The number of carbonyl (C=O) groups excluding carboxylic acids is 3. The smallest absolute Gasteiger partial charge is 0.662 e. The third kappa shape index (κ3) is 24.5. The predicted molar refractivity (Wildman–Crippen MR) is 321 cm³/mol. The Morgan fingerprint density at radius 3 is 1.56 bits per heavy atom. The van der Waals surface area contributed by atoms with Gasteiger partial charge in [0.1, 0.15) is 24.3 Å². The zero-order valence-corrected chi connectivity index (χ0v) is 51.9. The maximum Gasteiger partial charge on any atom is 1.00 e. The van der Waals surface area contributed by atoms with E-state index in [1.54, 1.807) is 26.7 Å². The summed E-state index contributed by atoms with van der Waals surface area (Å²) in [6.07, 6.45) is 5.28. The number of hydrogen-bond acceptors (Lipinski definition) is 20. The van der Waals surface area contributed by atoms with E-state index in [9.17, 15) is 18.7 Å². The van der Waals surface area contributed by atoms with Gasteiger partial charge >= 0.3 is 29.6 Å². The molecule has 4 aromatic carbocycles. The second-order valence-corrected chi connectivity index (χ2v) is 25.5. The molecule has 0 unspecified atom stereocenters. The van der Waals surface area contributed by atoms with Crippen LogP contribution in [0.5, 0.6) is 0 Å². The van der Waals surface area contributed by atoms with Crippen LogP contribution in [0.1, 0.15) is 0 Å². The van der Waals surface area contributed by atoms with Crippen molar-refractivity contribution in [3.8, 4) is 0 Å². The van der Waals surface area contributed by atoms with Crippen molar-refractivity contribution in [2.75, 3.05) is 131 Å². The van der Waals surface area contributed by atoms with E-state index in [4.69, 9.17) is 50.6 Å². The van der Waals surface area contributed by atoms with Crippen LogP contribution >= 0.6 is 49.1 Å². The monoisotopic (exact) mass is 1190 g/mol. The molecule has 418 valence electrons. The first-order chi connectivity index (χ1) is 36.8. The van der Waals surface area contributed by atoms with E-state index in [1.165, 1.54) is 18.5 Å². The van der Waals surface area contributed by atoms with Crippen molar-refractivity contribution >= 4 is 146 Å². The largest absolute Gasteiger partial charge is 1.00 e. The fourth-order valence-electron chi connectivity index (χ4n) is 6.56. The van der Waals surface area contributed by atoms with Gasteiger partial charge in [-0.05, 0) is 139 Å². The molecule has 1 amide bonds. The van der Waals surface area contributed by atoms with Crippen molar-refractivity contribution in [3.05, 3.63) is 133 Å². The fourth-order valence-corrected chi connectivity index (χ4v) is 9.15. The van der Waals surface area contributed by atoms with Crippen molar-refractivity contribution in [2.45, 2.75) is 0 Å². The number of hydrogen-bond donors (Lipinski definition) is 7. The number of carbonyl (C=O) groups is 3. The number of nitrogens with two attached hydrogens (primary N) is 1.